The molecule has 6 heteroatoms. The van der Waals surface area contributed by atoms with Gasteiger partial charge in [-0.2, -0.15) is 0 Å². The molecule has 1 aromatic carbocycles. The van der Waals surface area contributed by atoms with Crippen LogP contribution in [0.4, 0.5) is 0 Å². The summed E-state index contributed by atoms with van der Waals surface area (Å²) < 4.78 is 5.27. The second-order valence-corrected chi connectivity index (χ2v) is 5.98. The number of benzene rings is 1. The van der Waals surface area contributed by atoms with E-state index in [1.807, 2.05) is 37.1 Å². The van der Waals surface area contributed by atoms with Crippen molar-refractivity contribution in [2.75, 3.05) is 13.6 Å². The zero-order valence-corrected chi connectivity index (χ0v) is 14.0. The highest BCUT2D eigenvalue weighted by atomic mass is 35.5. The van der Waals surface area contributed by atoms with Gasteiger partial charge in [0, 0.05) is 6.54 Å². The van der Waals surface area contributed by atoms with E-state index in [4.69, 9.17) is 27.6 Å². The summed E-state index contributed by atoms with van der Waals surface area (Å²) >= 11 is 12.1. The SMILES string of the molecule is CC(NC(=O)CN(C)Cc1cccc(Cl)c1Cl)c1ccco1. The van der Waals surface area contributed by atoms with Crippen LogP contribution in [-0.2, 0) is 11.3 Å². The van der Waals surface area contributed by atoms with Crippen molar-refractivity contribution in [3.63, 3.8) is 0 Å². The normalized spacial score (nSPS) is 12.4. The van der Waals surface area contributed by atoms with Gasteiger partial charge in [-0.25, -0.2) is 0 Å². The molecule has 1 atom stereocenters. The molecule has 118 valence electrons. The number of rotatable bonds is 6. The second-order valence-electron chi connectivity index (χ2n) is 5.19. The first-order chi connectivity index (χ1) is 10.5. The van der Waals surface area contributed by atoms with Gasteiger partial charge in [-0.05, 0) is 37.7 Å². The molecule has 0 spiro atoms. The molecule has 2 rings (SSSR count). The Morgan fingerprint density at radius 3 is 2.77 bits per heavy atom. The molecule has 0 bridgehead atoms. The molecule has 0 aliphatic heterocycles. The predicted octanol–water partition coefficient (Wildman–Crippen LogP) is 3.90. The summed E-state index contributed by atoms with van der Waals surface area (Å²) in [6.45, 7) is 2.68. The first-order valence-corrected chi connectivity index (χ1v) is 7.67. The Kier molecular flexibility index (Phi) is 5.89. The van der Waals surface area contributed by atoms with E-state index in [0.29, 0.717) is 16.6 Å². The van der Waals surface area contributed by atoms with Gasteiger partial charge in [-0.15, -0.1) is 0 Å². The van der Waals surface area contributed by atoms with E-state index in [9.17, 15) is 4.79 Å². The molecule has 0 saturated carbocycles. The van der Waals surface area contributed by atoms with Gasteiger partial charge in [-0.3, -0.25) is 9.69 Å². The van der Waals surface area contributed by atoms with E-state index < -0.39 is 0 Å². The van der Waals surface area contributed by atoms with E-state index in [1.54, 1.807) is 18.4 Å². The van der Waals surface area contributed by atoms with Crippen LogP contribution in [0.5, 0.6) is 0 Å². The second kappa shape index (κ2) is 7.68. The van der Waals surface area contributed by atoms with Crippen LogP contribution >= 0.6 is 23.2 Å². The Labute approximate surface area is 140 Å². The number of nitrogens with zero attached hydrogens (tertiary/aromatic N) is 1. The number of amides is 1. The number of nitrogens with one attached hydrogen (secondary N) is 1. The number of carbonyl (C=O) groups excluding carboxylic acids is 1. The molecule has 22 heavy (non-hydrogen) atoms. The van der Waals surface area contributed by atoms with Crippen LogP contribution in [-0.4, -0.2) is 24.4 Å². The summed E-state index contributed by atoms with van der Waals surface area (Å²) in [7, 11) is 1.86. The van der Waals surface area contributed by atoms with Crippen molar-refractivity contribution < 1.29 is 9.21 Å². The van der Waals surface area contributed by atoms with Crippen molar-refractivity contribution in [2.24, 2.45) is 0 Å². The van der Waals surface area contributed by atoms with E-state index in [2.05, 4.69) is 5.32 Å². The quantitative estimate of drug-likeness (QED) is 0.867. The highest BCUT2D eigenvalue weighted by molar-refractivity contribution is 6.42. The molecule has 1 heterocycles. The van der Waals surface area contributed by atoms with Gasteiger partial charge in [0.25, 0.3) is 0 Å². The summed E-state index contributed by atoms with van der Waals surface area (Å²) in [6, 6.07) is 8.95. The molecule has 0 aliphatic carbocycles. The Hall–Kier alpha value is -1.49. The monoisotopic (exact) mass is 340 g/mol. The van der Waals surface area contributed by atoms with Crippen LogP contribution in [0, 0.1) is 0 Å². The lowest BCUT2D eigenvalue weighted by Crippen LogP contribution is -2.36. The van der Waals surface area contributed by atoms with Crippen LogP contribution < -0.4 is 5.32 Å². The predicted molar refractivity (Wildman–Crippen MR) is 88.1 cm³/mol. The van der Waals surface area contributed by atoms with Crippen LogP contribution in [0.25, 0.3) is 0 Å². The third-order valence-corrected chi connectivity index (χ3v) is 4.09. The highest BCUT2D eigenvalue weighted by Crippen LogP contribution is 2.26. The Morgan fingerprint density at radius 1 is 1.32 bits per heavy atom. The Bertz CT molecular complexity index is 629. The molecule has 0 saturated heterocycles. The lowest BCUT2D eigenvalue weighted by Gasteiger charge is -2.19. The van der Waals surface area contributed by atoms with Gasteiger partial charge in [0.15, 0.2) is 0 Å². The van der Waals surface area contributed by atoms with Crippen molar-refractivity contribution in [3.8, 4) is 0 Å². The molecular formula is C16H18Cl2N2O2. The molecule has 1 unspecified atom stereocenters. The van der Waals surface area contributed by atoms with Crippen LogP contribution in [0.1, 0.15) is 24.3 Å². The van der Waals surface area contributed by atoms with Crippen molar-refractivity contribution in [3.05, 3.63) is 58.0 Å². The number of furan rings is 1. The van der Waals surface area contributed by atoms with Gasteiger partial charge >= 0.3 is 0 Å². The van der Waals surface area contributed by atoms with Gasteiger partial charge in [0.05, 0.1) is 28.9 Å². The molecule has 1 N–H and O–H groups in total. The molecule has 1 aromatic heterocycles. The molecule has 0 fully saturated rings. The average Bonchev–Trinajstić information content (AvgIpc) is 2.97. The van der Waals surface area contributed by atoms with Crippen molar-refractivity contribution in [2.45, 2.75) is 19.5 Å². The first-order valence-electron chi connectivity index (χ1n) is 6.91. The fraction of sp³-hybridized carbons (Fsp3) is 0.312. The summed E-state index contributed by atoms with van der Waals surface area (Å²) in [4.78, 5) is 13.9. The van der Waals surface area contributed by atoms with Crippen LogP contribution in [0.3, 0.4) is 0 Å². The maximum absolute atomic E-state index is 12.0. The summed E-state index contributed by atoms with van der Waals surface area (Å²) in [5.41, 5.74) is 0.892. The summed E-state index contributed by atoms with van der Waals surface area (Å²) in [5.74, 6) is 0.651. The molecule has 1 amide bonds. The van der Waals surface area contributed by atoms with E-state index in [0.717, 1.165) is 11.3 Å². The fourth-order valence-corrected chi connectivity index (χ4v) is 2.54. The zero-order chi connectivity index (χ0) is 16.1. The molecule has 0 aliphatic rings. The van der Waals surface area contributed by atoms with E-state index >= 15 is 0 Å². The largest absolute Gasteiger partial charge is 0.467 e. The number of carbonyl (C=O) groups is 1. The summed E-state index contributed by atoms with van der Waals surface area (Å²) in [6.07, 6.45) is 1.59. The van der Waals surface area contributed by atoms with Gasteiger partial charge in [0.2, 0.25) is 5.91 Å². The number of halogens is 2. The third kappa shape index (κ3) is 4.50. The van der Waals surface area contributed by atoms with Gasteiger partial charge in [-0.1, -0.05) is 35.3 Å². The number of hydrogen-bond donors (Lipinski definition) is 1. The minimum atomic E-state index is -0.161. The molecule has 2 aromatic rings. The van der Waals surface area contributed by atoms with E-state index in [1.165, 1.54) is 0 Å². The molecular weight excluding hydrogens is 323 g/mol. The van der Waals surface area contributed by atoms with Crippen molar-refractivity contribution >= 4 is 29.1 Å². The number of likely N-dealkylation sites (N-methyl/N-ethyl adjacent to an activating group) is 1. The van der Waals surface area contributed by atoms with Crippen molar-refractivity contribution in [1.82, 2.24) is 10.2 Å². The smallest absolute Gasteiger partial charge is 0.234 e. The zero-order valence-electron chi connectivity index (χ0n) is 12.5. The van der Waals surface area contributed by atoms with Crippen LogP contribution in [0.2, 0.25) is 10.0 Å². The molecule has 4 nitrogen and oxygen atoms in total. The highest BCUT2D eigenvalue weighted by Gasteiger charge is 2.14. The lowest BCUT2D eigenvalue weighted by molar-refractivity contribution is -0.122. The average molecular weight is 341 g/mol. The van der Waals surface area contributed by atoms with Crippen LogP contribution in [0.15, 0.2) is 41.0 Å². The maximum atomic E-state index is 12.0. The maximum Gasteiger partial charge on any atom is 0.234 e. The van der Waals surface area contributed by atoms with Crippen molar-refractivity contribution in [1.29, 1.82) is 0 Å². The first kappa shape index (κ1) is 16.9. The topological polar surface area (TPSA) is 45.5 Å². The standard InChI is InChI=1S/C16H18Cl2N2O2/c1-11(14-7-4-8-22-14)19-15(21)10-20(2)9-12-5-3-6-13(17)16(12)18/h3-8,11H,9-10H2,1-2H3,(H,19,21). The minimum Gasteiger partial charge on any atom is -0.467 e. The number of hydrogen-bond acceptors (Lipinski definition) is 3. The molecule has 0 radical (unpaired) electrons. The third-order valence-electron chi connectivity index (χ3n) is 3.23. The Balaban J connectivity index is 1.87. The summed E-state index contributed by atoms with van der Waals surface area (Å²) in [5, 5.41) is 3.94. The van der Waals surface area contributed by atoms with E-state index in [-0.39, 0.29) is 18.5 Å². The lowest BCUT2D eigenvalue weighted by atomic mass is 10.2. The minimum absolute atomic E-state index is 0.0791. The van der Waals surface area contributed by atoms with Gasteiger partial charge < -0.3 is 9.73 Å². The van der Waals surface area contributed by atoms with Gasteiger partial charge in [0.1, 0.15) is 5.76 Å². The fourth-order valence-electron chi connectivity index (χ4n) is 2.16. The Morgan fingerprint density at radius 2 is 2.09 bits per heavy atom.